The average Bonchev–Trinajstić information content (AvgIpc) is 2.47. The van der Waals surface area contributed by atoms with E-state index in [1.165, 1.54) is 0 Å². The van der Waals surface area contributed by atoms with Crippen LogP contribution in [0.15, 0.2) is 42.5 Å². The number of ether oxygens (including phenoxy) is 2. The van der Waals surface area contributed by atoms with E-state index in [0.717, 1.165) is 11.3 Å². The molecule has 2 rings (SSSR count). The molecular formula is C15H16BClO4. The van der Waals surface area contributed by atoms with Crippen LogP contribution in [-0.4, -0.2) is 30.4 Å². The molecule has 21 heavy (non-hydrogen) atoms. The summed E-state index contributed by atoms with van der Waals surface area (Å²) in [6.45, 7) is 2.65. The first-order chi connectivity index (χ1) is 10.1. The maximum absolute atomic E-state index is 9.08. The Labute approximate surface area is 129 Å². The highest BCUT2D eigenvalue weighted by atomic mass is 35.5. The fourth-order valence-electron chi connectivity index (χ4n) is 1.79. The predicted octanol–water partition coefficient (Wildman–Crippen LogP) is 1.79. The van der Waals surface area contributed by atoms with Crippen LogP contribution in [-0.2, 0) is 0 Å². The van der Waals surface area contributed by atoms with Crippen LogP contribution in [0.5, 0.6) is 11.5 Å². The molecule has 0 radical (unpaired) electrons. The predicted molar refractivity (Wildman–Crippen MR) is 83.4 cm³/mol. The highest BCUT2D eigenvalue weighted by molar-refractivity contribution is 6.58. The maximum atomic E-state index is 9.08. The number of hydrogen-bond acceptors (Lipinski definition) is 4. The van der Waals surface area contributed by atoms with E-state index in [0.29, 0.717) is 29.4 Å². The van der Waals surface area contributed by atoms with Gasteiger partial charge in [0.25, 0.3) is 0 Å². The Balaban J connectivity index is 1.81. The summed E-state index contributed by atoms with van der Waals surface area (Å²) in [6, 6.07) is 12.1. The first kappa shape index (κ1) is 15.7. The molecule has 0 unspecified atom stereocenters. The van der Waals surface area contributed by atoms with Crippen molar-refractivity contribution >= 4 is 24.2 Å². The van der Waals surface area contributed by atoms with Crippen LogP contribution in [0.1, 0.15) is 5.56 Å². The lowest BCUT2D eigenvalue weighted by Crippen LogP contribution is -2.29. The molecule has 0 spiro atoms. The molecule has 0 aromatic heterocycles. The van der Waals surface area contributed by atoms with Crippen molar-refractivity contribution in [1.82, 2.24) is 0 Å². The van der Waals surface area contributed by atoms with Gasteiger partial charge in [-0.15, -0.1) is 0 Å². The second kappa shape index (κ2) is 7.36. The summed E-state index contributed by atoms with van der Waals surface area (Å²) in [7, 11) is -1.50. The molecule has 0 saturated carbocycles. The second-order valence-corrected chi connectivity index (χ2v) is 4.96. The fraction of sp³-hybridized carbons (Fsp3) is 0.200. The molecule has 0 aliphatic heterocycles. The van der Waals surface area contributed by atoms with Gasteiger partial charge in [-0.05, 0) is 48.3 Å². The molecule has 2 N–H and O–H groups in total. The monoisotopic (exact) mass is 306 g/mol. The zero-order chi connectivity index (χ0) is 15.2. The third-order valence-corrected chi connectivity index (χ3v) is 3.33. The summed E-state index contributed by atoms with van der Waals surface area (Å²) in [5.74, 6) is 1.30. The number of benzene rings is 2. The van der Waals surface area contributed by atoms with Crippen molar-refractivity contribution in [2.45, 2.75) is 6.92 Å². The summed E-state index contributed by atoms with van der Waals surface area (Å²) in [5.41, 5.74) is 1.35. The van der Waals surface area contributed by atoms with E-state index >= 15 is 0 Å². The van der Waals surface area contributed by atoms with E-state index in [4.69, 9.17) is 31.1 Å². The summed E-state index contributed by atoms with van der Waals surface area (Å²) in [4.78, 5) is 0. The summed E-state index contributed by atoms with van der Waals surface area (Å²) in [6.07, 6.45) is 0. The largest absolute Gasteiger partial charge is 0.490 e. The van der Waals surface area contributed by atoms with Crippen LogP contribution in [0.3, 0.4) is 0 Å². The SMILES string of the molecule is Cc1cc(OCCOc2cccc(B(O)O)c2)ccc1Cl. The van der Waals surface area contributed by atoms with Crippen molar-refractivity contribution in [1.29, 1.82) is 0 Å². The highest BCUT2D eigenvalue weighted by Crippen LogP contribution is 2.20. The lowest BCUT2D eigenvalue weighted by Gasteiger charge is -2.10. The van der Waals surface area contributed by atoms with Gasteiger partial charge < -0.3 is 19.5 Å². The van der Waals surface area contributed by atoms with Gasteiger partial charge in [-0.25, -0.2) is 0 Å². The molecule has 110 valence electrons. The Morgan fingerprint density at radius 2 is 1.67 bits per heavy atom. The zero-order valence-corrected chi connectivity index (χ0v) is 12.4. The second-order valence-electron chi connectivity index (χ2n) is 4.55. The van der Waals surface area contributed by atoms with E-state index in [-0.39, 0.29) is 0 Å². The van der Waals surface area contributed by atoms with Crippen LogP contribution in [0, 0.1) is 6.92 Å². The third-order valence-electron chi connectivity index (χ3n) is 2.91. The lowest BCUT2D eigenvalue weighted by atomic mass is 9.80. The Kier molecular flexibility index (Phi) is 5.50. The van der Waals surface area contributed by atoms with Gasteiger partial charge in [0.2, 0.25) is 0 Å². The summed E-state index contributed by atoms with van der Waals surface area (Å²) >= 11 is 5.94. The zero-order valence-electron chi connectivity index (χ0n) is 11.6. The minimum absolute atomic E-state index is 0.354. The van der Waals surface area contributed by atoms with Crippen LogP contribution in [0.4, 0.5) is 0 Å². The number of aryl methyl sites for hydroxylation is 1. The Morgan fingerprint density at radius 1 is 1.00 bits per heavy atom. The van der Waals surface area contributed by atoms with E-state index < -0.39 is 7.12 Å². The van der Waals surface area contributed by atoms with Gasteiger partial charge in [0.05, 0.1) is 0 Å². The molecule has 0 aliphatic carbocycles. The Morgan fingerprint density at radius 3 is 2.29 bits per heavy atom. The lowest BCUT2D eigenvalue weighted by molar-refractivity contribution is 0.217. The molecule has 2 aromatic carbocycles. The van der Waals surface area contributed by atoms with E-state index in [1.54, 1.807) is 36.4 Å². The molecule has 2 aromatic rings. The fourth-order valence-corrected chi connectivity index (χ4v) is 1.91. The minimum atomic E-state index is -1.50. The number of hydrogen-bond donors (Lipinski definition) is 2. The molecule has 6 heteroatoms. The van der Waals surface area contributed by atoms with Crippen molar-refractivity contribution in [3.63, 3.8) is 0 Å². The van der Waals surface area contributed by atoms with E-state index in [9.17, 15) is 0 Å². The highest BCUT2D eigenvalue weighted by Gasteiger charge is 2.10. The van der Waals surface area contributed by atoms with Crippen LogP contribution in [0.25, 0.3) is 0 Å². The molecule has 0 bridgehead atoms. The Hall–Kier alpha value is -1.69. The van der Waals surface area contributed by atoms with Gasteiger partial charge in [-0.2, -0.15) is 0 Å². The van der Waals surface area contributed by atoms with Crippen molar-refractivity contribution in [2.24, 2.45) is 0 Å². The van der Waals surface area contributed by atoms with Gasteiger partial charge in [0.15, 0.2) is 0 Å². The molecule has 0 saturated heterocycles. The number of halogens is 1. The third kappa shape index (κ3) is 4.67. The molecule has 4 nitrogen and oxygen atoms in total. The maximum Gasteiger partial charge on any atom is 0.488 e. The average molecular weight is 307 g/mol. The molecular weight excluding hydrogens is 290 g/mol. The van der Waals surface area contributed by atoms with Crippen molar-refractivity contribution in [3.05, 3.63) is 53.1 Å². The van der Waals surface area contributed by atoms with Gasteiger partial charge in [-0.1, -0.05) is 23.7 Å². The topological polar surface area (TPSA) is 58.9 Å². The molecule has 0 amide bonds. The standard InChI is InChI=1S/C15H16BClO4/c1-11-9-14(5-6-15(11)17)21-8-7-20-13-4-2-3-12(10-13)16(18)19/h2-6,9-10,18-19H,7-8H2,1H3. The molecule has 0 heterocycles. The normalized spacial score (nSPS) is 10.3. The number of rotatable bonds is 6. The van der Waals surface area contributed by atoms with Crippen LogP contribution < -0.4 is 14.9 Å². The van der Waals surface area contributed by atoms with E-state index in [2.05, 4.69) is 0 Å². The van der Waals surface area contributed by atoms with Gasteiger partial charge >= 0.3 is 7.12 Å². The van der Waals surface area contributed by atoms with E-state index in [1.807, 2.05) is 13.0 Å². The first-order valence-electron chi connectivity index (χ1n) is 6.54. The van der Waals surface area contributed by atoms with Crippen LogP contribution >= 0.6 is 11.6 Å². The van der Waals surface area contributed by atoms with Crippen molar-refractivity contribution < 1.29 is 19.5 Å². The van der Waals surface area contributed by atoms with Crippen molar-refractivity contribution in [2.75, 3.05) is 13.2 Å². The smallest absolute Gasteiger partial charge is 0.488 e. The van der Waals surface area contributed by atoms with Gasteiger partial charge in [0.1, 0.15) is 24.7 Å². The minimum Gasteiger partial charge on any atom is -0.490 e. The molecule has 0 fully saturated rings. The van der Waals surface area contributed by atoms with Gasteiger partial charge in [0, 0.05) is 5.02 Å². The summed E-state index contributed by atoms with van der Waals surface area (Å²) in [5, 5.41) is 18.9. The van der Waals surface area contributed by atoms with Gasteiger partial charge in [-0.3, -0.25) is 0 Å². The van der Waals surface area contributed by atoms with Crippen LogP contribution in [0.2, 0.25) is 5.02 Å². The first-order valence-corrected chi connectivity index (χ1v) is 6.92. The van der Waals surface area contributed by atoms with Crippen molar-refractivity contribution in [3.8, 4) is 11.5 Å². The molecule has 0 atom stereocenters. The quantitative estimate of drug-likeness (QED) is 0.631. The molecule has 0 aliphatic rings. The Bertz CT molecular complexity index is 604. The summed E-state index contributed by atoms with van der Waals surface area (Å²) < 4.78 is 11.1.